The second-order valence-corrected chi connectivity index (χ2v) is 3.72. The van der Waals surface area contributed by atoms with Crippen molar-refractivity contribution in [2.75, 3.05) is 26.9 Å². The van der Waals surface area contributed by atoms with Crippen LogP contribution in [-0.2, 0) is 15.2 Å². The van der Waals surface area contributed by atoms with E-state index >= 15 is 0 Å². The van der Waals surface area contributed by atoms with Crippen LogP contribution in [0.1, 0.15) is 15.9 Å². The van der Waals surface area contributed by atoms with E-state index in [1.165, 1.54) is 0 Å². The molecule has 1 fully saturated rings. The second-order valence-electron chi connectivity index (χ2n) is 3.72. The predicted molar refractivity (Wildman–Crippen MR) is 66.6 cm³/mol. The summed E-state index contributed by atoms with van der Waals surface area (Å²) >= 11 is 0. The Balaban J connectivity index is 0.00000144. The van der Waals surface area contributed by atoms with Crippen LogP contribution in [0.15, 0.2) is 24.3 Å². The summed E-state index contributed by atoms with van der Waals surface area (Å²) in [5.41, 5.74) is 0.755. The number of ether oxygens (including phenoxy) is 2. The molecule has 94 valence electrons. The highest BCUT2D eigenvalue weighted by atomic mass is 35.5. The second kappa shape index (κ2) is 6.12. The average molecular weight is 258 g/mol. The van der Waals surface area contributed by atoms with Gasteiger partial charge in [-0.05, 0) is 0 Å². The van der Waals surface area contributed by atoms with E-state index in [2.05, 4.69) is 5.32 Å². The van der Waals surface area contributed by atoms with Gasteiger partial charge >= 0.3 is 0 Å². The fraction of sp³-hybridized carbons (Fsp3) is 0.417. The SMILES string of the molecule is CO[C@@]1(c2ccccc2C=O)COCCN1.Cl. The lowest BCUT2D eigenvalue weighted by atomic mass is 9.97. The van der Waals surface area contributed by atoms with Gasteiger partial charge in [-0.2, -0.15) is 0 Å². The summed E-state index contributed by atoms with van der Waals surface area (Å²) in [6, 6.07) is 7.38. The van der Waals surface area contributed by atoms with Crippen molar-refractivity contribution in [3.8, 4) is 0 Å². The minimum absolute atomic E-state index is 0. The number of halogens is 1. The van der Waals surface area contributed by atoms with Gasteiger partial charge in [-0.3, -0.25) is 10.1 Å². The normalized spacial score (nSPS) is 23.8. The predicted octanol–water partition coefficient (Wildman–Crippen LogP) is 1.34. The van der Waals surface area contributed by atoms with E-state index in [4.69, 9.17) is 9.47 Å². The molecule has 5 heteroatoms. The van der Waals surface area contributed by atoms with Gasteiger partial charge in [-0.1, -0.05) is 24.3 Å². The number of aldehydes is 1. The number of carbonyl (C=O) groups is 1. The average Bonchev–Trinajstić information content (AvgIpc) is 2.39. The van der Waals surface area contributed by atoms with Crippen LogP contribution >= 0.6 is 12.4 Å². The van der Waals surface area contributed by atoms with E-state index in [9.17, 15) is 4.79 Å². The third-order valence-corrected chi connectivity index (χ3v) is 2.83. The number of rotatable bonds is 3. The third-order valence-electron chi connectivity index (χ3n) is 2.83. The lowest BCUT2D eigenvalue weighted by molar-refractivity contribution is -0.130. The lowest BCUT2D eigenvalue weighted by Gasteiger charge is -2.37. The Hall–Kier alpha value is -0.940. The Morgan fingerprint density at radius 1 is 1.47 bits per heavy atom. The van der Waals surface area contributed by atoms with E-state index in [1.807, 2.05) is 18.2 Å². The van der Waals surface area contributed by atoms with Crippen LogP contribution in [0.3, 0.4) is 0 Å². The van der Waals surface area contributed by atoms with Crippen LogP contribution in [0.2, 0.25) is 0 Å². The quantitative estimate of drug-likeness (QED) is 0.831. The first kappa shape index (κ1) is 14.1. The number of nitrogens with one attached hydrogen (secondary N) is 1. The molecule has 2 rings (SSSR count). The molecule has 0 amide bonds. The molecule has 0 aromatic heterocycles. The highest BCUT2D eigenvalue weighted by Gasteiger charge is 2.36. The molecule has 0 radical (unpaired) electrons. The van der Waals surface area contributed by atoms with Crippen LogP contribution in [0, 0.1) is 0 Å². The van der Waals surface area contributed by atoms with Gasteiger partial charge in [0.25, 0.3) is 0 Å². The Kier molecular flexibility index (Phi) is 5.08. The Morgan fingerprint density at radius 2 is 2.24 bits per heavy atom. The largest absolute Gasteiger partial charge is 0.375 e. The van der Waals surface area contributed by atoms with Gasteiger partial charge in [0.05, 0.1) is 13.2 Å². The topological polar surface area (TPSA) is 47.6 Å². The van der Waals surface area contributed by atoms with E-state index < -0.39 is 5.72 Å². The number of hydrogen-bond donors (Lipinski definition) is 1. The van der Waals surface area contributed by atoms with Gasteiger partial charge in [-0.15, -0.1) is 12.4 Å². The van der Waals surface area contributed by atoms with Gasteiger partial charge in [-0.25, -0.2) is 0 Å². The molecule has 0 spiro atoms. The van der Waals surface area contributed by atoms with Gasteiger partial charge in [0.15, 0.2) is 5.72 Å². The van der Waals surface area contributed by atoms with Crippen molar-refractivity contribution in [2.24, 2.45) is 0 Å². The van der Waals surface area contributed by atoms with Crippen LogP contribution in [-0.4, -0.2) is 33.2 Å². The van der Waals surface area contributed by atoms with Crippen LogP contribution in [0.5, 0.6) is 0 Å². The zero-order valence-electron chi connectivity index (χ0n) is 9.64. The van der Waals surface area contributed by atoms with E-state index in [0.717, 1.165) is 11.8 Å². The molecular formula is C12H16ClNO3. The van der Waals surface area contributed by atoms with Gasteiger partial charge in [0, 0.05) is 24.8 Å². The third kappa shape index (κ3) is 2.66. The summed E-state index contributed by atoms with van der Waals surface area (Å²) in [6.45, 7) is 1.78. The smallest absolute Gasteiger partial charge is 0.169 e. The zero-order valence-corrected chi connectivity index (χ0v) is 10.5. The molecule has 0 bridgehead atoms. The summed E-state index contributed by atoms with van der Waals surface area (Å²) in [7, 11) is 1.61. The molecular weight excluding hydrogens is 242 g/mol. The molecule has 1 aliphatic rings. The maximum atomic E-state index is 11.0. The van der Waals surface area contributed by atoms with E-state index in [0.29, 0.717) is 25.3 Å². The van der Waals surface area contributed by atoms with Crippen molar-refractivity contribution in [2.45, 2.75) is 5.72 Å². The number of morpholine rings is 1. The molecule has 0 unspecified atom stereocenters. The Morgan fingerprint density at radius 3 is 2.82 bits per heavy atom. The molecule has 1 saturated heterocycles. The number of carbonyl (C=O) groups excluding carboxylic acids is 1. The van der Waals surface area contributed by atoms with Crippen LogP contribution in [0.4, 0.5) is 0 Å². The van der Waals surface area contributed by atoms with Gasteiger partial charge in [0.2, 0.25) is 0 Å². The number of benzene rings is 1. The molecule has 0 aliphatic carbocycles. The molecule has 1 aromatic rings. The molecule has 1 heterocycles. The number of hydrogen-bond acceptors (Lipinski definition) is 4. The summed E-state index contributed by atoms with van der Waals surface area (Å²) < 4.78 is 10.9. The van der Waals surface area contributed by atoms with Gasteiger partial charge in [0.1, 0.15) is 6.29 Å². The van der Waals surface area contributed by atoms with Crippen molar-refractivity contribution in [3.63, 3.8) is 0 Å². The van der Waals surface area contributed by atoms with Crippen molar-refractivity contribution < 1.29 is 14.3 Å². The first-order valence-corrected chi connectivity index (χ1v) is 5.25. The van der Waals surface area contributed by atoms with Crippen LogP contribution in [0.25, 0.3) is 0 Å². The van der Waals surface area contributed by atoms with Crippen molar-refractivity contribution in [1.82, 2.24) is 5.32 Å². The fourth-order valence-corrected chi connectivity index (χ4v) is 1.97. The fourth-order valence-electron chi connectivity index (χ4n) is 1.97. The molecule has 1 atom stereocenters. The molecule has 1 aliphatic heterocycles. The summed E-state index contributed by atoms with van der Waals surface area (Å²) in [4.78, 5) is 11.0. The first-order valence-electron chi connectivity index (χ1n) is 5.25. The highest BCUT2D eigenvalue weighted by molar-refractivity contribution is 5.85. The summed E-state index contributed by atoms with van der Waals surface area (Å²) in [6.07, 6.45) is 0.840. The zero-order chi connectivity index (χ0) is 11.4. The summed E-state index contributed by atoms with van der Waals surface area (Å²) in [5.74, 6) is 0. The molecule has 1 N–H and O–H groups in total. The first-order chi connectivity index (χ1) is 7.82. The summed E-state index contributed by atoms with van der Waals surface area (Å²) in [5, 5.41) is 3.27. The molecule has 0 saturated carbocycles. The van der Waals surface area contributed by atoms with Crippen LogP contribution < -0.4 is 5.32 Å². The van der Waals surface area contributed by atoms with Crippen molar-refractivity contribution in [1.29, 1.82) is 0 Å². The molecule has 1 aromatic carbocycles. The van der Waals surface area contributed by atoms with E-state index in [1.54, 1.807) is 13.2 Å². The van der Waals surface area contributed by atoms with Crippen molar-refractivity contribution >= 4 is 18.7 Å². The maximum absolute atomic E-state index is 11.0. The highest BCUT2D eigenvalue weighted by Crippen LogP contribution is 2.26. The molecule has 17 heavy (non-hydrogen) atoms. The van der Waals surface area contributed by atoms with Crippen molar-refractivity contribution in [3.05, 3.63) is 35.4 Å². The standard InChI is InChI=1S/C12H15NO3.ClH/c1-15-12(9-16-7-6-13-12)11-5-3-2-4-10(11)8-14;/h2-5,8,13H,6-7,9H2,1H3;1H/t12-;/m1./s1. The molecule has 4 nitrogen and oxygen atoms in total. The minimum Gasteiger partial charge on any atom is -0.375 e. The maximum Gasteiger partial charge on any atom is 0.169 e. The van der Waals surface area contributed by atoms with Gasteiger partial charge < -0.3 is 9.47 Å². The Labute approximate surface area is 107 Å². The monoisotopic (exact) mass is 257 g/mol. The lowest BCUT2D eigenvalue weighted by Crippen LogP contribution is -2.53. The van der Waals surface area contributed by atoms with E-state index in [-0.39, 0.29) is 12.4 Å². The Bertz CT molecular complexity index is 378. The minimum atomic E-state index is -0.699. The number of methoxy groups -OCH3 is 1.